The quantitative estimate of drug-likeness (QED) is 0.684. The largest absolute Gasteiger partial charge is 0.454 e. The van der Waals surface area contributed by atoms with E-state index in [9.17, 15) is 4.79 Å². The van der Waals surface area contributed by atoms with Crippen molar-refractivity contribution in [2.45, 2.75) is 26.1 Å². The molecule has 1 aliphatic rings. The lowest BCUT2D eigenvalue weighted by Crippen LogP contribution is -2.16. The number of fused-ring (bicyclic) bond motifs is 1. The number of furan rings is 1. The molecule has 0 aliphatic carbocycles. The molecule has 0 aromatic carbocycles. The minimum Gasteiger partial charge on any atom is -0.454 e. The zero-order valence-corrected chi connectivity index (χ0v) is 16.5. The third kappa shape index (κ3) is 4.35. The Balaban J connectivity index is 0.00000131. The first-order chi connectivity index (χ1) is 12.2. The molecule has 8 nitrogen and oxygen atoms in total. The molecule has 0 unspecified atom stereocenters. The lowest BCUT2D eigenvalue weighted by atomic mass is 10.3. The maximum absolute atomic E-state index is 11.6. The van der Waals surface area contributed by atoms with Crippen LogP contribution in [0.25, 0.3) is 11.5 Å². The van der Waals surface area contributed by atoms with Crippen LogP contribution in [0.2, 0.25) is 0 Å². The van der Waals surface area contributed by atoms with Gasteiger partial charge >= 0.3 is 0 Å². The van der Waals surface area contributed by atoms with Crippen molar-refractivity contribution in [3.8, 4) is 11.5 Å². The van der Waals surface area contributed by atoms with Gasteiger partial charge in [0.05, 0.1) is 12.2 Å². The number of halogens is 2. The molecular weight excluding hydrogens is 391 g/mol. The topological polar surface area (TPSA) is 89.9 Å². The predicted octanol–water partition coefficient (Wildman–Crippen LogP) is 2.08. The molecule has 3 aromatic heterocycles. The number of aryl methyl sites for hydroxylation is 1. The maximum Gasteiger partial charge on any atom is 0.286 e. The highest BCUT2D eigenvalue weighted by molar-refractivity contribution is 5.91. The number of nitrogens with zero attached hydrogens (tertiary/aromatic N) is 4. The van der Waals surface area contributed by atoms with Gasteiger partial charge in [0.15, 0.2) is 11.6 Å². The Hall–Kier alpha value is -2.29. The zero-order chi connectivity index (χ0) is 17.2. The molecule has 0 spiro atoms. The van der Waals surface area contributed by atoms with E-state index in [4.69, 9.17) is 9.52 Å². The van der Waals surface area contributed by atoms with E-state index in [1.807, 2.05) is 15.4 Å². The maximum atomic E-state index is 11.6. The summed E-state index contributed by atoms with van der Waals surface area (Å²) in [6, 6.07) is 5.56. The minimum absolute atomic E-state index is 0. The van der Waals surface area contributed by atoms with Gasteiger partial charge < -0.3 is 19.6 Å². The van der Waals surface area contributed by atoms with E-state index < -0.39 is 0 Å². The van der Waals surface area contributed by atoms with Gasteiger partial charge in [-0.1, -0.05) is 0 Å². The van der Waals surface area contributed by atoms with Crippen molar-refractivity contribution in [2.75, 3.05) is 13.6 Å². The summed E-state index contributed by atoms with van der Waals surface area (Å²) in [4.78, 5) is 16.1. The Morgan fingerprint density at radius 2 is 2.22 bits per heavy atom. The zero-order valence-electron chi connectivity index (χ0n) is 14.8. The molecular formula is C17H22Cl2N6O2. The Morgan fingerprint density at radius 1 is 1.37 bits per heavy atom. The van der Waals surface area contributed by atoms with Crippen molar-refractivity contribution in [3.05, 3.63) is 47.8 Å². The van der Waals surface area contributed by atoms with E-state index in [-0.39, 0.29) is 30.7 Å². The Morgan fingerprint density at radius 3 is 3.04 bits per heavy atom. The van der Waals surface area contributed by atoms with Crippen LogP contribution in [0.3, 0.4) is 0 Å². The average Bonchev–Trinajstić information content (AvgIpc) is 3.33. The molecule has 27 heavy (non-hydrogen) atoms. The fraction of sp³-hybridized carbons (Fsp3) is 0.353. The summed E-state index contributed by atoms with van der Waals surface area (Å²) >= 11 is 0. The van der Waals surface area contributed by atoms with Gasteiger partial charge in [0.2, 0.25) is 0 Å². The van der Waals surface area contributed by atoms with E-state index >= 15 is 0 Å². The Bertz CT molecular complexity index is 878. The number of carbonyl (C=O) groups excluding carboxylic acids is 1. The fourth-order valence-electron chi connectivity index (χ4n) is 3.02. The van der Waals surface area contributed by atoms with Crippen molar-refractivity contribution in [3.63, 3.8) is 0 Å². The number of imidazole rings is 1. The Labute approximate surface area is 169 Å². The number of hydrogen-bond donors (Lipinski definition) is 2. The first-order valence-corrected chi connectivity index (χ1v) is 8.34. The SMILES string of the molecule is CNC(=O)c1ccc(Cn2ccnc2-c2cc3n(n2)CCCNC3)o1.Cl.Cl. The third-order valence-electron chi connectivity index (χ3n) is 4.28. The second-order valence-electron chi connectivity index (χ2n) is 6.00. The van der Waals surface area contributed by atoms with Gasteiger partial charge in [-0.2, -0.15) is 5.10 Å². The van der Waals surface area contributed by atoms with Gasteiger partial charge in [0, 0.05) is 32.5 Å². The number of nitrogens with one attached hydrogen (secondary N) is 2. The normalized spacial score (nSPS) is 13.1. The average molecular weight is 413 g/mol. The van der Waals surface area contributed by atoms with Gasteiger partial charge in [0.1, 0.15) is 11.5 Å². The molecule has 0 radical (unpaired) electrons. The summed E-state index contributed by atoms with van der Waals surface area (Å²) in [5.74, 6) is 1.56. The third-order valence-corrected chi connectivity index (χ3v) is 4.28. The lowest BCUT2D eigenvalue weighted by molar-refractivity contribution is 0.0933. The molecule has 0 saturated carbocycles. The first kappa shape index (κ1) is 21.0. The van der Waals surface area contributed by atoms with Crippen LogP contribution in [0.15, 0.2) is 35.0 Å². The van der Waals surface area contributed by atoms with Gasteiger partial charge in [0.25, 0.3) is 5.91 Å². The monoisotopic (exact) mass is 412 g/mol. The van der Waals surface area contributed by atoms with E-state index in [2.05, 4.69) is 21.7 Å². The second-order valence-corrected chi connectivity index (χ2v) is 6.00. The van der Waals surface area contributed by atoms with Gasteiger partial charge in [-0.15, -0.1) is 24.8 Å². The van der Waals surface area contributed by atoms with Gasteiger partial charge in [-0.3, -0.25) is 9.48 Å². The Kier molecular flexibility index (Phi) is 7.06. The van der Waals surface area contributed by atoms with E-state index in [0.717, 1.165) is 37.6 Å². The summed E-state index contributed by atoms with van der Waals surface area (Å²) in [6.07, 6.45) is 4.71. The predicted molar refractivity (Wildman–Crippen MR) is 105 cm³/mol. The highest BCUT2D eigenvalue weighted by Gasteiger charge is 2.16. The van der Waals surface area contributed by atoms with E-state index in [1.54, 1.807) is 25.4 Å². The smallest absolute Gasteiger partial charge is 0.286 e. The molecule has 2 N–H and O–H groups in total. The van der Waals surface area contributed by atoms with Crippen molar-refractivity contribution in [1.82, 2.24) is 30.0 Å². The molecule has 3 aromatic rings. The number of carbonyl (C=O) groups is 1. The van der Waals surface area contributed by atoms with Crippen LogP contribution in [0.5, 0.6) is 0 Å². The van der Waals surface area contributed by atoms with Gasteiger partial charge in [-0.05, 0) is 31.2 Å². The van der Waals surface area contributed by atoms with Gasteiger partial charge in [-0.25, -0.2) is 4.98 Å². The molecule has 0 atom stereocenters. The standard InChI is InChI=1S/C17H20N6O2.2ClH/c1-18-17(24)15-4-3-13(25-15)11-22-8-6-20-16(22)14-9-12-10-19-5-2-7-23(12)21-14;;/h3-4,6,8-9,19H,2,5,7,10-11H2,1H3,(H,18,24);2*1H. The number of aromatic nitrogens is 4. The molecule has 1 amide bonds. The van der Waals surface area contributed by atoms with E-state index in [0.29, 0.717) is 18.1 Å². The van der Waals surface area contributed by atoms with E-state index in [1.165, 1.54) is 5.69 Å². The number of rotatable bonds is 4. The van der Waals surface area contributed by atoms with Crippen LogP contribution >= 0.6 is 24.8 Å². The van der Waals surface area contributed by atoms with Crippen molar-refractivity contribution >= 4 is 30.7 Å². The molecule has 0 saturated heterocycles. The number of amides is 1. The molecule has 1 aliphatic heterocycles. The van der Waals surface area contributed by atoms with Crippen LogP contribution in [0.1, 0.15) is 28.4 Å². The van der Waals surface area contributed by atoms with Crippen LogP contribution in [-0.2, 0) is 19.6 Å². The fourth-order valence-corrected chi connectivity index (χ4v) is 3.02. The first-order valence-electron chi connectivity index (χ1n) is 8.34. The van der Waals surface area contributed by atoms with Crippen LogP contribution < -0.4 is 10.6 Å². The summed E-state index contributed by atoms with van der Waals surface area (Å²) in [6.45, 7) is 3.24. The van der Waals surface area contributed by atoms with Crippen molar-refractivity contribution in [1.29, 1.82) is 0 Å². The molecule has 10 heteroatoms. The molecule has 4 heterocycles. The van der Waals surface area contributed by atoms with Crippen molar-refractivity contribution in [2.24, 2.45) is 0 Å². The second kappa shape index (κ2) is 9.07. The van der Waals surface area contributed by atoms with Crippen LogP contribution in [-0.4, -0.2) is 38.8 Å². The number of hydrogen-bond acceptors (Lipinski definition) is 5. The highest BCUT2D eigenvalue weighted by atomic mass is 35.5. The summed E-state index contributed by atoms with van der Waals surface area (Å²) in [5, 5.41) is 10.6. The lowest BCUT2D eigenvalue weighted by Gasteiger charge is -2.04. The highest BCUT2D eigenvalue weighted by Crippen LogP contribution is 2.20. The minimum atomic E-state index is -0.234. The van der Waals surface area contributed by atoms with Crippen LogP contribution in [0, 0.1) is 0 Å². The summed E-state index contributed by atoms with van der Waals surface area (Å²) < 4.78 is 9.62. The molecule has 0 bridgehead atoms. The molecule has 0 fully saturated rings. The molecule has 4 rings (SSSR count). The van der Waals surface area contributed by atoms with Crippen LogP contribution in [0.4, 0.5) is 0 Å². The van der Waals surface area contributed by atoms with Crippen molar-refractivity contribution < 1.29 is 9.21 Å². The molecule has 146 valence electrons. The summed E-state index contributed by atoms with van der Waals surface area (Å²) in [5.41, 5.74) is 2.02. The summed E-state index contributed by atoms with van der Waals surface area (Å²) in [7, 11) is 1.58.